The van der Waals surface area contributed by atoms with Crippen LogP contribution >= 0.6 is 27.5 Å². The fourth-order valence-corrected chi connectivity index (χ4v) is 2.91. The lowest BCUT2D eigenvalue weighted by Gasteiger charge is -2.39. The van der Waals surface area contributed by atoms with E-state index >= 15 is 0 Å². The minimum atomic E-state index is -1.38. The average Bonchev–Trinajstić information content (AvgIpc) is 2.21. The van der Waals surface area contributed by atoms with Crippen LogP contribution in [0.1, 0.15) is 24.8 Å². The van der Waals surface area contributed by atoms with E-state index in [4.69, 9.17) is 17.3 Å². The van der Waals surface area contributed by atoms with Crippen LogP contribution in [-0.2, 0) is 5.54 Å². The Morgan fingerprint density at radius 2 is 1.69 bits per heavy atom. The van der Waals surface area contributed by atoms with E-state index in [0.29, 0.717) is 12.8 Å². The van der Waals surface area contributed by atoms with Gasteiger partial charge in [-0.15, -0.1) is 0 Å². The smallest absolute Gasteiger partial charge is 0.180 e. The summed E-state index contributed by atoms with van der Waals surface area (Å²) in [5, 5.41) is -0.851. The number of rotatable bonds is 1. The molecule has 2 N–H and O–H groups in total. The zero-order chi connectivity index (χ0) is 12.1. The lowest BCUT2D eigenvalue weighted by atomic mass is 9.72. The molecular formula is C10H8BrClF3N. The van der Waals surface area contributed by atoms with Crippen LogP contribution in [-0.4, -0.2) is 0 Å². The first-order valence-corrected chi connectivity index (χ1v) is 5.86. The molecule has 1 nitrogen and oxygen atoms in total. The van der Waals surface area contributed by atoms with E-state index in [-0.39, 0.29) is 10.0 Å². The molecule has 1 aliphatic carbocycles. The Bertz CT molecular complexity index is 431. The Labute approximate surface area is 104 Å². The predicted octanol–water partition coefficient (Wildman–Crippen LogP) is 3.86. The van der Waals surface area contributed by atoms with Crippen molar-refractivity contribution in [1.82, 2.24) is 0 Å². The first-order valence-electron chi connectivity index (χ1n) is 4.69. The number of hydrogen-bond donors (Lipinski definition) is 1. The van der Waals surface area contributed by atoms with Crippen LogP contribution in [0.4, 0.5) is 13.2 Å². The summed E-state index contributed by atoms with van der Waals surface area (Å²) in [5.41, 5.74) is 4.72. The predicted molar refractivity (Wildman–Crippen MR) is 58.7 cm³/mol. The molecule has 0 spiro atoms. The Morgan fingerprint density at radius 1 is 1.12 bits per heavy atom. The highest BCUT2D eigenvalue weighted by Crippen LogP contribution is 2.45. The number of benzene rings is 1. The molecule has 0 aromatic heterocycles. The van der Waals surface area contributed by atoms with Crippen LogP contribution in [0.5, 0.6) is 0 Å². The van der Waals surface area contributed by atoms with Crippen molar-refractivity contribution in [2.24, 2.45) is 5.73 Å². The van der Waals surface area contributed by atoms with Crippen molar-refractivity contribution < 1.29 is 13.2 Å². The molecule has 2 rings (SSSR count). The van der Waals surface area contributed by atoms with Crippen LogP contribution in [0, 0.1) is 17.5 Å². The minimum Gasteiger partial charge on any atom is -0.321 e. The highest BCUT2D eigenvalue weighted by atomic mass is 79.9. The van der Waals surface area contributed by atoms with Gasteiger partial charge in [-0.2, -0.15) is 0 Å². The summed E-state index contributed by atoms with van der Waals surface area (Å²) in [5.74, 6) is -3.55. The summed E-state index contributed by atoms with van der Waals surface area (Å²) in [7, 11) is 0. The van der Waals surface area contributed by atoms with Gasteiger partial charge >= 0.3 is 0 Å². The molecule has 1 fully saturated rings. The van der Waals surface area contributed by atoms with Crippen molar-refractivity contribution in [1.29, 1.82) is 0 Å². The SMILES string of the molecule is NC1(c2c(F)c(F)c(Cl)c(F)c2Br)CCC1. The molecule has 1 saturated carbocycles. The van der Waals surface area contributed by atoms with E-state index < -0.39 is 28.0 Å². The second-order valence-electron chi connectivity index (χ2n) is 3.95. The van der Waals surface area contributed by atoms with Gasteiger partial charge in [0.15, 0.2) is 17.5 Å². The average molecular weight is 315 g/mol. The van der Waals surface area contributed by atoms with Crippen LogP contribution in [0.25, 0.3) is 0 Å². The summed E-state index contributed by atoms with van der Waals surface area (Å²) in [6.07, 6.45) is 1.82. The summed E-state index contributed by atoms with van der Waals surface area (Å²) in [6.45, 7) is 0. The molecule has 16 heavy (non-hydrogen) atoms. The van der Waals surface area contributed by atoms with Crippen LogP contribution in [0.2, 0.25) is 5.02 Å². The summed E-state index contributed by atoms with van der Waals surface area (Å²) < 4.78 is 40.3. The van der Waals surface area contributed by atoms with Gasteiger partial charge in [-0.1, -0.05) is 11.6 Å². The van der Waals surface area contributed by atoms with E-state index in [1.54, 1.807) is 0 Å². The van der Waals surface area contributed by atoms with Crippen molar-refractivity contribution in [2.75, 3.05) is 0 Å². The topological polar surface area (TPSA) is 26.0 Å². The Morgan fingerprint density at radius 3 is 2.12 bits per heavy atom. The van der Waals surface area contributed by atoms with Crippen LogP contribution < -0.4 is 5.73 Å². The molecule has 0 unspecified atom stereocenters. The molecule has 1 aromatic carbocycles. The van der Waals surface area contributed by atoms with E-state index in [1.807, 2.05) is 0 Å². The molecule has 88 valence electrons. The van der Waals surface area contributed by atoms with Crippen LogP contribution in [0.3, 0.4) is 0 Å². The van der Waals surface area contributed by atoms with Gasteiger partial charge in [0.1, 0.15) is 5.02 Å². The molecule has 1 aromatic rings. The molecule has 0 saturated heterocycles. The number of hydrogen-bond acceptors (Lipinski definition) is 1. The van der Waals surface area contributed by atoms with Crippen molar-refractivity contribution in [3.05, 3.63) is 32.5 Å². The Kier molecular flexibility index (Phi) is 2.97. The summed E-state index contributed by atoms with van der Waals surface area (Å²) in [4.78, 5) is 0. The summed E-state index contributed by atoms with van der Waals surface area (Å²) >= 11 is 8.19. The molecule has 0 bridgehead atoms. The number of halogens is 5. The second kappa shape index (κ2) is 3.89. The summed E-state index contributed by atoms with van der Waals surface area (Å²) in [6, 6.07) is 0. The standard InChI is InChI=1S/C10H8BrClF3N/c11-5-4(10(16)2-1-3-10)7(13)9(15)6(12)8(5)14/h1-3,16H2. The van der Waals surface area contributed by atoms with Crippen LogP contribution in [0.15, 0.2) is 4.47 Å². The minimum absolute atomic E-state index is 0.154. The molecule has 0 atom stereocenters. The van der Waals surface area contributed by atoms with Gasteiger partial charge in [-0.25, -0.2) is 13.2 Å². The maximum atomic E-state index is 13.7. The number of nitrogens with two attached hydrogens (primary N) is 1. The van der Waals surface area contributed by atoms with E-state index in [2.05, 4.69) is 15.9 Å². The normalized spacial score (nSPS) is 18.4. The second-order valence-corrected chi connectivity index (χ2v) is 5.13. The van der Waals surface area contributed by atoms with E-state index in [9.17, 15) is 13.2 Å². The van der Waals surface area contributed by atoms with Gasteiger partial charge in [0, 0.05) is 11.1 Å². The first kappa shape index (κ1) is 12.2. The molecule has 1 aliphatic rings. The van der Waals surface area contributed by atoms with E-state index in [1.165, 1.54) is 0 Å². The monoisotopic (exact) mass is 313 g/mol. The van der Waals surface area contributed by atoms with Crippen molar-refractivity contribution in [3.63, 3.8) is 0 Å². The third-order valence-corrected chi connectivity index (χ3v) is 4.03. The quantitative estimate of drug-likeness (QED) is 0.618. The largest absolute Gasteiger partial charge is 0.321 e. The van der Waals surface area contributed by atoms with E-state index in [0.717, 1.165) is 6.42 Å². The van der Waals surface area contributed by atoms with Gasteiger partial charge in [-0.3, -0.25) is 0 Å². The zero-order valence-electron chi connectivity index (χ0n) is 8.09. The zero-order valence-corrected chi connectivity index (χ0v) is 10.4. The van der Waals surface area contributed by atoms with Crippen molar-refractivity contribution >= 4 is 27.5 Å². The maximum absolute atomic E-state index is 13.7. The van der Waals surface area contributed by atoms with Crippen molar-refractivity contribution in [2.45, 2.75) is 24.8 Å². The Hall–Kier alpha value is -0.260. The molecule has 0 aliphatic heterocycles. The molecule has 6 heteroatoms. The fraction of sp³-hybridized carbons (Fsp3) is 0.400. The van der Waals surface area contributed by atoms with Gasteiger partial charge in [0.2, 0.25) is 0 Å². The lowest BCUT2D eigenvalue weighted by Crippen LogP contribution is -2.44. The highest BCUT2D eigenvalue weighted by molar-refractivity contribution is 9.10. The van der Waals surface area contributed by atoms with Gasteiger partial charge in [0.05, 0.1) is 4.47 Å². The molecule has 0 amide bonds. The third-order valence-electron chi connectivity index (χ3n) is 2.95. The molecule has 0 radical (unpaired) electrons. The Balaban J connectivity index is 2.70. The highest BCUT2D eigenvalue weighted by Gasteiger charge is 2.41. The lowest BCUT2D eigenvalue weighted by molar-refractivity contribution is 0.239. The fourth-order valence-electron chi connectivity index (χ4n) is 1.85. The molecule has 0 heterocycles. The first-order chi connectivity index (χ1) is 7.38. The van der Waals surface area contributed by atoms with Gasteiger partial charge in [-0.05, 0) is 35.2 Å². The maximum Gasteiger partial charge on any atom is 0.180 e. The van der Waals surface area contributed by atoms with Crippen molar-refractivity contribution in [3.8, 4) is 0 Å². The third kappa shape index (κ3) is 1.57. The van der Waals surface area contributed by atoms with Gasteiger partial charge < -0.3 is 5.73 Å². The van der Waals surface area contributed by atoms with Gasteiger partial charge in [0.25, 0.3) is 0 Å². The molecular weight excluding hydrogens is 306 g/mol.